The lowest BCUT2D eigenvalue weighted by Crippen LogP contribution is -2.33. The third kappa shape index (κ3) is 5.45. The average Bonchev–Trinajstić information content (AvgIpc) is 2.16. The first kappa shape index (κ1) is 15.6. The predicted molar refractivity (Wildman–Crippen MR) is 61.0 cm³/mol. The van der Waals surface area contributed by atoms with Crippen LogP contribution in [0.5, 0.6) is 0 Å². The van der Waals surface area contributed by atoms with Crippen molar-refractivity contribution in [1.82, 2.24) is 0 Å². The zero-order valence-corrected chi connectivity index (χ0v) is 10.8. The Hall–Kier alpha value is -1.41. The maximum Gasteiger partial charge on any atom is 0.323 e. The van der Waals surface area contributed by atoms with Crippen molar-refractivity contribution in [2.24, 2.45) is 11.3 Å². The second-order valence-corrected chi connectivity index (χ2v) is 4.59. The van der Waals surface area contributed by atoms with Crippen molar-refractivity contribution in [2.75, 3.05) is 20.3 Å². The molecule has 96 valence electrons. The van der Waals surface area contributed by atoms with Crippen LogP contribution >= 0.6 is 0 Å². The molecule has 0 rings (SSSR count). The van der Waals surface area contributed by atoms with Crippen LogP contribution in [0, 0.1) is 22.7 Å². The molecule has 0 spiro atoms. The first-order valence-corrected chi connectivity index (χ1v) is 5.39. The van der Waals surface area contributed by atoms with Gasteiger partial charge in [-0.15, -0.1) is 0 Å². The maximum absolute atomic E-state index is 11.7. The second kappa shape index (κ2) is 7.02. The van der Waals surface area contributed by atoms with Crippen molar-refractivity contribution in [2.45, 2.75) is 27.2 Å². The summed E-state index contributed by atoms with van der Waals surface area (Å²) in [5.41, 5.74) is -0.718. The van der Waals surface area contributed by atoms with Gasteiger partial charge in [-0.05, 0) is 12.3 Å². The Labute approximate surface area is 102 Å². The van der Waals surface area contributed by atoms with E-state index >= 15 is 0 Å². The van der Waals surface area contributed by atoms with Gasteiger partial charge in [-0.3, -0.25) is 4.79 Å². The zero-order valence-electron chi connectivity index (χ0n) is 10.8. The number of Topliss-reactive ketones (excluding diaryl/α,β-unsaturated/α-hetero) is 1. The van der Waals surface area contributed by atoms with Crippen LogP contribution in [0.2, 0.25) is 0 Å². The van der Waals surface area contributed by atoms with Gasteiger partial charge in [0.25, 0.3) is 0 Å². The molecule has 0 amide bonds. The third-order valence-electron chi connectivity index (χ3n) is 2.38. The van der Waals surface area contributed by atoms with Gasteiger partial charge in [0.1, 0.15) is 18.3 Å². The van der Waals surface area contributed by atoms with Gasteiger partial charge in [-0.25, -0.2) is 0 Å². The molecule has 0 bridgehead atoms. The number of ether oxygens (including phenoxy) is 2. The second-order valence-electron chi connectivity index (χ2n) is 4.59. The molecule has 0 N–H and O–H groups in total. The van der Waals surface area contributed by atoms with E-state index in [0.717, 1.165) is 0 Å². The number of hydrogen-bond acceptors (Lipinski definition) is 5. The Morgan fingerprint density at radius 3 is 2.35 bits per heavy atom. The number of nitriles is 1. The largest absolute Gasteiger partial charge is 0.462 e. The van der Waals surface area contributed by atoms with Gasteiger partial charge >= 0.3 is 5.97 Å². The van der Waals surface area contributed by atoms with Crippen molar-refractivity contribution in [3.63, 3.8) is 0 Å². The lowest BCUT2D eigenvalue weighted by molar-refractivity contribution is -0.151. The molecule has 5 heteroatoms. The van der Waals surface area contributed by atoms with Crippen molar-refractivity contribution in [3.8, 4) is 6.07 Å². The Kier molecular flexibility index (Phi) is 6.44. The molecule has 0 radical (unpaired) electrons. The number of hydrogen-bond donors (Lipinski definition) is 0. The van der Waals surface area contributed by atoms with Crippen molar-refractivity contribution < 1.29 is 19.1 Å². The van der Waals surface area contributed by atoms with Gasteiger partial charge in [0.2, 0.25) is 0 Å². The number of rotatable bonds is 7. The average molecular weight is 241 g/mol. The Balaban J connectivity index is 4.55. The molecule has 0 saturated heterocycles. The van der Waals surface area contributed by atoms with E-state index in [0.29, 0.717) is 0 Å². The molecule has 0 aromatic heterocycles. The van der Waals surface area contributed by atoms with E-state index in [-0.39, 0.29) is 25.4 Å². The lowest BCUT2D eigenvalue weighted by Gasteiger charge is -2.26. The number of carbonyl (C=O) groups excluding carboxylic acids is 2. The molecule has 0 heterocycles. The molecule has 0 aromatic rings. The van der Waals surface area contributed by atoms with Gasteiger partial charge < -0.3 is 14.3 Å². The van der Waals surface area contributed by atoms with E-state index in [4.69, 9.17) is 14.7 Å². The van der Waals surface area contributed by atoms with Crippen LogP contribution in [0.4, 0.5) is 0 Å². The molecule has 0 aliphatic heterocycles. The number of methoxy groups -OCH3 is 1. The minimum Gasteiger partial charge on any atom is -0.462 e. The fourth-order valence-electron chi connectivity index (χ4n) is 1.60. The van der Waals surface area contributed by atoms with Crippen molar-refractivity contribution in [1.29, 1.82) is 5.26 Å². The van der Waals surface area contributed by atoms with E-state index in [9.17, 15) is 9.59 Å². The van der Waals surface area contributed by atoms with Crippen LogP contribution in [-0.4, -0.2) is 32.1 Å². The highest BCUT2D eigenvalue weighted by atomic mass is 16.6. The van der Waals surface area contributed by atoms with Crippen LogP contribution < -0.4 is 0 Å². The standard InChI is InChI=1S/C12H19NO4/c1-9(14)7-12(2,3)10(8-13)11(15)17-6-5-16-4/h10H,5-7H2,1-4H3/t10-/m0/s1. The first-order chi connectivity index (χ1) is 7.85. The van der Waals surface area contributed by atoms with E-state index in [1.165, 1.54) is 14.0 Å². The topological polar surface area (TPSA) is 76.4 Å². The van der Waals surface area contributed by atoms with Crippen LogP contribution in [0.15, 0.2) is 0 Å². The zero-order chi connectivity index (χ0) is 13.5. The molecule has 0 aliphatic carbocycles. The van der Waals surface area contributed by atoms with Gasteiger partial charge in [0, 0.05) is 13.5 Å². The normalized spacial score (nSPS) is 12.6. The summed E-state index contributed by atoms with van der Waals surface area (Å²) >= 11 is 0. The minimum atomic E-state index is -0.941. The highest BCUT2D eigenvalue weighted by Gasteiger charge is 2.37. The smallest absolute Gasteiger partial charge is 0.323 e. The van der Waals surface area contributed by atoms with Crippen molar-refractivity contribution in [3.05, 3.63) is 0 Å². The van der Waals surface area contributed by atoms with E-state index in [2.05, 4.69) is 0 Å². The van der Waals surface area contributed by atoms with Gasteiger partial charge in [0.15, 0.2) is 0 Å². The Morgan fingerprint density at radius 1 is 1.35 bits per heavy atom. The summed E-state index contributed by atoms with van der Waals surface area (Å²) in [6.45, 7) is 5.26. The van der Waals surface area contributed by atoms with Crippen LogP contribution in [0.25, 0.3) is 0 Å². The van der Waals surface area contributed by atoms with Crippen LogP contribution in [-0.2, 0) is 19.1 Å². The van der Waals surface area contributed by atoms with E-state index in [1.54, 1.807) is 13.8 Å². The van der Waals surface area contributed by atoms with Crippen molar-refractivity contribution >= 4 is 11.8 Å². The summed E-state index contributed by atoms with van der Waals surface area (Å²) in [5.74, 6) is -1.60. The molecule has 0 aromatic carbocycles. The maximum atomic E-state index is 11.7. The third-order valence-corrected chi connectivity index (χ3v) is 2.38. The Bertz CT molecular complexity index is 317. The fourth-order valence-corrected chi connectivity index (χ4v) is 1.60. The highest BCUT2D eigenvalue weighted by Crippen LogP contribution is 2.31. The summed E-state index contributed by atoms with van der Waals surface area (Å²) in [6, 6.07) is 1.91. The molecule has 1 atom stereocenters. The molecule has 0 unspecified atom stereocenters. The summed E-state index contributed by atoms with van der Waals surface area (Å²) in [4.78, 5) is 22.7. The number of esters is 1. The summed E-state index contributed by atoms with van der Waals surface area (Å²) in [5, 5.41) is 9.01. The molecule has 17 heavy (non-hydrogen) atoms. The summed E-state index contributed by atoms with van der Waals surface area (Å²) in [7, 11) is 1.50. The predicted octanol–water partition coefficient (Wildman–Crippen LogP) is 1.32. The van der Waals surface area contributed by atoms with Gasteiger partial charge in [-0.2, -0.15) is 5.26 Å². The quantitative estimate of drug-likeness (QED) is 0.496. The fraction of sp³-hybridized carbons (Fsp3) is 0.750. The van der Waals surface area contributed by atoms with Gasteiger partial charge in [-0.1, -0.05) is 13.8 Å². The lowest BCUT2D eigenvalue weighted by atomic mass is 9.76. The SMILES string of the molecule is COCCOC(=O)[C@H](C#N)C(C)(C)CC(C)=O. The molecular weight excluding hydrogens is 222 g/mol. The monoisotopic (exact) mass is 241 g/mol. The molecule has 0 fully saturated rings. The number of ketones is 1. The van der Waals surface area contributed by atoms with E-state index < -0.39 is 17.3 Å². The highest BCUT2D eigenvalue weighted by molar-refractivity contribution is 5.80. The summed E-state index contributed by atoms with van der Waals surface area (Å²) in [6.07, 6.45) is 0.171. The minimum absolute atomic E-state index is 0.0556. The summed E-state index contributed by atoms with van der Waals surface area (Å²) < 4.78 is 9.65. The Morgan fingerprint density at radius 2 is 1.94 bits per heavy atom. The molecular formula is C12H19NO4. The van der Waals surface area contributed by atoms with E-state index in [1.807, 2.05) is 6.07 Å². The number of carbonyl (C=O) groups is 2. The molecule has 5 nitrogen and oxygen atoms in total. The van der Waals surface area contributed by atoms with Crippen LogP contribution in [0.1, 0.15) is 27.2 Å². The molecule has 0 aliphatic rings. The van der Waals surface area contributed by atoms with Gasteiger partial charge in [0.05, 0.1) is 12.7 Å². The van der Waals surface area contributed by atoms with Crippen LogP contribution in [0.3, 0.4) is 0 Å². The number of nitrogens with zero attached hydrogens (tertiary/aromatic N) is 1. The molecule has 0 saturated carbocycles. The first-order valence-electron chi connectivity index (χ1n) is 5.39.